The van der Waals surface area contributed by atoms with Crippen molar-refractivity contribution >= 4 is 11.9 Å². The summed E-state index contributed by atoms with van der Waals surface area (Å²) >= 11 is 0. The Balaban J connectivity index is 1.40. The molecule has 0 atom stereocenters. The highest BCUT2D eigenvalue weighted by atomic mass is 16.5. The Morgan fingerprint density at radius 1 is 1.18 bits per heavy atom. The number of hydrogen-bond donors (Lipinski definition) is 1. The van der Waals surface area contributed by atoms with Crippen LogP contribution >= 0.6 is 0 Å². The van der Waals surface area contributed by atoms with E-state index in [1.54, 1.807) is 12.1 Å². The molecule has 0 bridgehead atoms. The molecule has 1 spiro atoms. The molecule has 2 fully saturated rings. The molecule has 0 unspecified atom stereocenters. The molecule has 0 radical (unpaired) electrons. The minimum Gasteiger partial charge on any atom is -0.461 e. The first kappa shape index (κ1) is 22.1. The quantitative estimate of drug-likeness (QED) is 0.676. The highest BCUT2D eigenvalue weighted by Crippen LogP contribution is 2.39. The molecule has 0 aliphatic carbocycles. The van der Waals surface area contributed by atoms with Crippen molar-refractivity contribution in [2.75, 3.05) is 39.6 Å². The van der Waals surface area contributed by atoms with Gasteiger partial charge in [-0.1, -0.05) is 25.1 Å². The number of nitrogens with one attached hydrogen (secondary N) is 1. The predicted octanol–water partition coefficient (Wildman–Crippen LogP) is 2.40. The van der Waals surface area contributed by atoms with Gasteiger partial charge in [-0.3, -0.25) is 9.48 Å². The molecular formula is C25H31N3O5. The first-order valence-electron chi connectivity index (χ1n) is 11.8. The Morgan fingerprint density at radius 2 is 1.94 bits per heavy atom. The summed E-state index contributed by atoms with van der Waals surface area (Å²) in [6.45, 7) is 5.92. The van der Waals surface area contributed by atoms with Gasteiger partial charge in [0.1, 0.15) is 6.61 Å². The zero-order valence-corrected chi connectivity index (χ0v) is 19.1. The molecule has 4 heterocycles. The number of aromatic nitrogens is 2. The molecule has 2 aromatic rings. The summed E-state index contributed by atoms with van der Waals surface area (Å²) in [7, 11) is 0. The number of hydrogen-bond acceptors (Lipinski definition) is 6. The molecule has 5 rings (SSSR count). The fourth-order valence-electron chi connectivity index (χ4n) is 5.11. The topological polar surface area (TPSA) is 91.7 Å². The van der Waals surface area contributed by atoms with Crippen LogP contribution < -0.4 is 5.32 Å². The smallest absolute Gasteiger partial charge is 0.338 e. The van der Waals surface area contributed by atoms with Gasteiger partial charge in [-0.05, 0) is 43.2 Å². The Hall–Kier alpha value is -2.71. The third kappa shape index (κ3) is 4.29. The zero-order valence-electron chi connectivity index (χ0n) is 19.1. The summed E-state index contributed by atoms with van der Waals surface area (Å²) in [4.78, 5) is 25.6. The van der Waals surface area contributed by atoms with E-state index < -0.39 is 0 Å². The molecule has 1 aromatic carbocycles. The van der Waals surface area contributed by atoms with Crippen molar-refractivity contribution in [3.63, 3.8) is 0 Å². The monoisotopic (exact) mass is 453 g/mol. The number of aryl methyl sites for hydroxylation is 1. The van der Waals surface area contributed by atoms with Crippen LogP contribution in [-0.4, -0.2) is 61.2 Å². The molecule has 33 heavy (non-hydrogen) atoms. The van der Waals surface area contributed by atoms with Gasteiger partial charge in [0.2, 0.25) is 0 Å². The molecule has 0 saturated carbocycles. The van der Waals surface area contributed by atoms with Gasteiger partial charge < -0.3 is 19.5 Å². The van der Waals surface area contributed by atoms with Gasteiger partial charge in [0, 0.05) is 19.8 Å². The van der Waals surface area contributed by atoms with E-state index in [2.05, 4.69) is 5.32 Å². The Morgan fingerprint density at radius 3 is 2.61 bits per heavy atom. The average Bonchev–Trinajstić information content (AvgIpc) is 3.09. The fourth-order valence-corrected chi connectivity index (χ4v) is 5.11. The standard InChI is InChI=1S/C25H31N3O5/c1-2-19-21-20(12-24(13-26-22(21)29)8-10-31-11-9-24)28(27-19)14-25(15-32-16-25)17-33-23(30)18-6-4-3-5-7-18/h3-7H,2,8-17H2,1H3,(H,26,29). The van der Waals surface area contributed by atoms with Crippen molar-refractivity contribution < 1.29 is 23.8 Å². The Kier molecular flexibility index (Phi) is 5.97. The largest absolute Gasteiger partial charge is 0.461 e. The molecule has 8 heteroatoms. The number of carbonyl (C=O) groups is 2. The van der Waals surface area contributed by atoms with Gasteiger partial charge in [-0.2, -0.15) is 5.10 Å². The van der Waals surface area contributed by atoms with Crippen molar-refractivity contribution in [1.82, 2.24) is 15.1 Å². The van der Waals surface area contributed by atoms with Crippen LogP contribution in [0, 0.1) is 10.8 Å². The van der Waals surface area contributed by atoms with E-state index in [-0.39, 0.29) is 29.3 Å². The first-order chi connectivity index (χ1) is 16.0. The molecule has 1 aromatic heterocycles. The van der Waals surface area contributed by atoms with Gasteiger partial charge in [0.05, 0.1) is 47.7 Å². The molecule has 3 aliphatic heterocycles. The lowest BCUT2D eigenvalue weighted by Crippen LogP contribution is -2.50. The molecule has 1 amide bonds. The molecule has 3 aliphatic rings. The average molecular weight is 454 g/mol. The van der Waals surface area contributed by atoms with Crippen molar-refractivity contribution in [2.24, 2.45) is 10.8 Å². The highest BCUT2D eigenvalue weighted by Gasteiger charge is 2.44. The van der Waals surface area contributed by atoms with Gasteiger partial charge in [-0.15, -0.1) is 0 Å². The summed E-state index contributed by atoms with van der Waals surface area (Å²) in [6, 6.07) is 9.01. The SMILES string of the molecule is CCc1nn(CC2(COC(=O)c3ccccc3)COC2)c2c1C(=O)NCC1(CCOCC1)C2. The van der Waals surface area contributed by atoms with Gasteiger partial charge in [0.15, 0.2) is 0 Å². The van der Waals surface area contributed by atoms with Crippen LogP contribution in [0.15, 0.2) is 30.3 Å². The number of carbonyl (C=O) groups excluding carboxylic acids is 2. The second-order valence-corrected chi connectivity index (χ2v) is 9.69. The first-order valence-corrected chi connectivity index (χ1v) is 11.8. The minimum atomic E-state index is -0.346. The number of rotatable bonds is 6. The van der Waals surface area contributed by atoms with E-state index in [9.17, 15) is 9.59 Å². The lowest BCUT2D eigenvalue weighted by Gasteiger charge is -2.41. The normalized spacial score (nSPS) is 20.9. The third-order valence-corrected chi connectivity index (χ3v) is 7.23. The summed E-state index contributed by atoms with van der Waals surface area (Å²) in [5.74, 6) is -0.373. The van der Waals surface area contributed by atoms with Crippen LogP contribution in [-0.2, 0) is 33.6 Å². The maximum absolute atomic E-state index is 13.1. The molecule has 1 N–H and O–H groups in total. The van der Waals surface area contributed by atoms with Crippen LogP contribution in [0.1, 0.15) is 51.9 Å². The number of fused-ring (bicyclic) bond motifs is 1. The van der Waals surface area contributed by atoms with Crippen molar-refractivity contribution in [1.29, 1.82) is 0 Å². The molecule has 176 valence electrons. The second kappa shape index (κ2) is 8.91. The van der Waals surface area contributed by atoms with E-state index in [1.165, 1.54) is 0 Å². The summed E-state index contributed by atoms with van der Waals surface area (Å²) in [5, 5.41) is 8.02. The van der Waals surface area contributed by atoms with E-state index in [4.69, 9.17) is 19.3 Å². The van der Waals surface area contributed by atoms with Gasteiger partial charge in [0.25, 0.3) is 5.91 Å². The van der Waals surface area contributed by atoms with E-state index >= 15 is 0 Å². The van der Waals surface area contributed by atoms with E-state index in [1.807, 2.05) is 29.8 Å². The minimum absolute atomic E-state index is 0.00892. The lowest BCUT2D eigenvalue weighted by atomic mass is 9.76. The maximum Gasteiger partial charge on any atom is 0.338 e. The van der Waals surface area contributed by atoms with Crippen LogP contribution in [0.3, 0.4) is 0 Å². The van der Waals surface area contributed by atoms with Crippen LogP contribution in [0.5, 0.6) is 0 Å². The maximum atomic E-state index is 13.1. The number of amides is 1. The van der Waals surface area contributed by atoms with E-state index in [0.29, 0.717) is 51.5 Å². The number of ether oxygens (including phenoxy) is 3. The Bertz CT molecular complexity index is 1020. The van der Waals surface area contributed by atoms with Crippen molar-refractivity contribution in [3.8, 4) is 0 Å². The van der Waals surface area contributed by atoms with Crippen molar-refractivity contribution in [3.05, 3.63) is 52.8 Å². The van der Waals surface area contributed by atoms with Gasteiger partial charge >= 0.3 is 5.97 Å². The van der Waals surface area contributed by atoms with Gasteiger partial charge in [-0.25, -0.2) is 4.79 Å². The van der Waals surface area contributed by atoms with Crippen LogP contribution in [0.25, 0.3) is 0 Å². The lowest BCUT2D eigenvalue weighted by molar-refractivity contribution is -0.148. The van der Waals surface area contributed by atoms with Crippen LogP contribution in [0.4, 0.5) is 0 Å². The zero-order chi connectivity index (χ0) is 22.9. The number of benzene rings is 1. The fraction of sp³-hybridized carbons (Fsp3) is 0.560. The summed E-state index contributed by atoms with van der Waals surface area (Å²) < 4.78 is 18.8. The summed E-state index contributed by atoms with van der Waals surface area (Å²) in [6.07, 6.45) is 3.31. The predicted molar refractivity (Wildman–Crippen MR) is 120 cm³/mol. The van der Waals surface area contributed by atoms with Crippen molar-refractivity contribution in [2.45, 2.75) is 39.2 Å². The highest BCUT2D eigenvalue weighted by molar-refractivity contribution is 5.97. The third-order valence-electron chi connectivity index (χ3n) is 7.23. The molecule has 2 saturated heterocycles. The molecular weight excluding hydrogens is 422 g/mol. The number of esters is 1. The Labute approximate surface area is 193 Å². The van der Waals surface area contributed by atoms with E-state index in [0.717, 1.165) is 36.2 Å². The molecule has 8 nitrogen and oxygen atoms in total. The number of nitrogens with zero attached hydrogens (tertiary/aromatic N) is 2. The summed E-state index contributed by atoms with van der Waals surface area (Å²) in [5.41, 5.74) is 2.71. The second-order valence-electron chi connectivity index (χ2n) is 9.69. The van der Waals surface area contributed by atoms with Crippen LogP contribution in [0.2, 0.25) is 0 Å².